The summed E-state index contributed by atoms with van der Waals surface area (Å²) in [7, 11) is 1.27. The minimum Gasteiger partial charge on any atom is -0.469 e. The maximum absolute atomic E-state index is 14.1. The Morgan fingerprint density at radius 2 is 1.59 bits per heavy atom. The molecule has 0 radical (unpaired) electrons. The van der Waals surface area contributed by atoms with Crippen LogP contribution in [-0.2, 0) is 28.7 Å². The SMILES string of the molecule is COC(=O)[C@H](C)CC(=O)C[C@H](C)[C@H]1CC(=O)[C@@]2(C)C3=C(C(=O)[C@@H](O)[C@]12C)[C@@]1(C)CC[C@H](O)C(C)(C)[C@H]1CC3=O. The Morgan fingerprint density at radius 3 is 2.18 bits per heavy atom. The maximum Gasteiger partial charge on any atom is 0.308 e. The maximum atomic E-state index is 14.1. The smallest absolute Gasteiger partial charge is 0.308 e. The van der Waals surface area contributed by atoms with Gasteiger partial charge in [-0.1, -0.05) is 41.5 Å². The number of carbonyl (C=O) groups excluding carboxylic acids is 5. The van der Waals surface area contributed by atoms with Gasteiger partial charge in [0, 0.05) is 47.7 Å². The van der Waals surface area contributed by atoms with Crippen molar-refractivity contribution in [3.63, 3.8) is 0 Å². The van der Waals surface area contributed by atoms with Crippen molar-refractivity contribution < 1.29 is 38.9 Å². The highest BCUT2D eigenvalue weighted by Gasteiger charge is 2.73. The number of hydrogen-bond donors (Lipinski definition) is 2. The van der Waals surface area contributed by atoms with Crippen LogP contribution in [0.2, 0.25) is 0 Å². The summed E-state index contributed by atoms with van der Waals surface area (Å²) in [4.78, 5) is 66.7. The van der Waals surface area contributed by atoms with Crippen molar-refractivity contribution in [1.29, 1.82) is 0 Å². The standard InChI is InChI=1S/C31H44O8/c1-15(11-17(32)12-16(2)27(38)39-8)18-13-22(35)31(7)23-19(33)14-20-28(3,4)21(34)9-10-29(20,5)24(23)25(36)26(37)30(18,31)6/h15-16,18,20-21,26,34,37H,9-14H2,1-8H3/t15-,16+,18+,20+,21-,26+,29-,30-,31-/m0/s1. The Bertz CT molecular complexity index is 1170. The Balaban J connectivity index is 1.77. The molecule has 9 atom stereocenters. The zero-order valence-corrected chi connectivity index (χ0v) is 24.6. The Morgan fingerprint density at radius 1 is 0.974 bits per heavy atom. The number of aliphatic hydroxyl groups excluding tert-OH is 2. The van der Waals surface area contributed by atoms with Gasteiger partial charge in [-0.25, -0.2) is 0 Å². The lowest BCUT2D eigenvalue weighted by molar-refractivity contribution is -0.159. The summed E-state index contributed by atoms with van der Waals surface area (Å²) in [5.74, 6) is -3.36. The number of fused-ring (bicyclic) bond motifs is 4. The van der Waals surface area contributed by atoms with Crippen LogP contribution in [0.4, 0.5) is 0 Å². The van der Waals surface area contributed by atoms with E-state index in [-0.39, 0.29) is 66.0 Å². The van der Waals surface area contributed by atoms with E-state index in [4.69, 9.17) is 4.74 Å². The van der Waals surface area contributed by atoms with Crippen LogP contribution in [0, 0.1) is 45.3 Å². The monoisotopic (exact) mass is 544 g/mol. The Kier molecular flexibility index (Phi) is 7.21. The number of allylic oxidation sites excluding steroid dienone is 1. The van der Waals surface area contributed by atoms with Gasteiger partial charge in [-0.15, -0.1) is 0 Å². The topological polar surface area (TPSA) is 135 Å². The normalized spacial score (nSPS) is 40.9. The fourth-order valence-electron chi connectivity index (χ4n) is 9.05. The fourth-order valence-corrected chi connectivity index (χ4v) is 9.05. The number of ketones is 4. The minimum atomic E-state index is -1.51. The average molecular weight is 545 g/mol. The number of aliphatic hydroxyl groups is 2. The number of ether oxygens (including phenoxy) is 1. The first-order chi connectivity index (χ1) is 17.9. The molecule has 0 bridgehead atoms. The van der Waals surface area contributed by atoms with Crippen LogP contribution in [0.1, 0.15) is 87.0 Å². The summed E-state index contributed by atoms with van der Waals surface area (Å²) < 4.78 is 4.73. The third-order valence-electron chi connectivity index (χ3n) is 11.7. The van der Waals surface area contributed by atoms with Gasteiger partial charge in [0.15, 0.2) is 11.6 Å². The van der Waals surface area contributed by atoms with Crippen LogP contribution in [-0.4, -0.2) is 58.6 Å². The molecule has 4 rings (SSSR count). The number of esters is 1. The molecule has 0 aromatic heterocycles. The fraction of sp³-hybridized carbons (Fsp3) is 0.774. The molecule has 0 aliphatic heterocycles. The van der Waals surface area contributed by atoms with Gasteiger partial charge < -0.3 is 14.9 Å². The van der Waals surface area contributed by atoms with E-state index < -0.39 is 57.5 Å². The van der Waals surface area contributed by atoms with Crippen molar-refractivity contribution >= 4 is 29.1 Å². The Hall–Kier alpha value is -2.19. The zero-order chi connectivity index (χ0) is 29.5. The van der Waals surface area contributed by atoms with Gasteiger partial charge in [0.05, 0.1) is 24.5 Å². The third-order valence-corrected chi connectivity index (χ3v) is 11.7. The lowest BCUT2D eigenvalue weighted by Gasteiger charge is -2.60. The molecule has 0 saturated heterocycles. The van der Waals surface area contributed by atoms with E-state index in [2.05, 4.69) is 0 Å². The van der Waals surface area contributed by atoms with Gasteiger partial charge in [0.25, 0.3) is 0 Å². The summed E-state index contributed by atoms with van der Waals surface area (Å²) in [6.07, 6.45) is -0.920. The van der Waals surface area contributed by atoms with Crippen LogP contribution < -0.4 is 0 Å². The third kappa shape index (κ3) is 3.87. The Labute approximate surface area is 230 Å². The zero-order valence-electron chi connectivity index (χ0n) is 24.6. The van der Waals surface area contributed by atoms with E-state index in [1.807, 2.05) is 27.7 Å². The molecule has 0 aromatic carbocycles. The second-order valence-electron chi connectivity index (χ2n) is 14.0. The molecule has 0 spiro atoms. The van der Waals surface area contributed by atoms with Gasteiger partial charge >= 0.3 is 5.97 Å². The van der Waals surface area contributed by atoms with Crippen molar-refractivity contribution in [3.8, 4) is 0 Å². The highest BCUT2D eigenvalue weighted by molar-refractivity contribution is 6.17. The molecule has 39 heavy (non-hydrogen) atoms. The van der Waals surface area contributed by atoms with Gasteiger partial charge in [-0.05, 0) is 42.9 Å². The van der Waals surface area contributed by atoms with E-state index in [0.29, 0.717) is 12.8 Å². The molecule has 2 fully saturated rings. The van der Waals surface area contributed by atoms with E-state index in [0.717, 1.165) is 0 Å². The second kappa shape index (κ2) is 9.44. The van der Waals surface area contributed by atoms with Crippen LogP contribution in [0.3, 0.4) is 0 Å². The first kappa shape index (κ1) is 29.8. The van der Waals surface area contributed by atoms with Gasteiger partial charge in [0.2, 0.25) is 0 Å². The lowest BCUT2D eigenvalue weighted by atomic mass is 9.42. The molecule has 8 nitrogen and oxygen atoms in total. The summed E-state index contributed by atoms with van der Waals surface area (Å²) in [5, 5.41) is 22.5. The molecular weight excluding hydrogens is 500 g/mol. The molecule has 216 valence electrons. The largest absolute Gasteiger partial charge is 0.469 e. The first-order valence-electron chi connectivity index (χ1n) is 14.2. The molecule has 2 N–H and O–H groups in total. The molecular formula is C31H44O8. The van der Waals surface area contributed by atoms with Crippen LogP contribution in [0.15, 0.2) is 11.1 Å². The van der Waals surface area contributed by atoms with Crippen molar-refractivity contribution in [3.05, 3.63) is 11.1 Å². The molecule has 0 amide bonds. The second-order valence-corrected chi connectivity index (χ2v) is 14.0. The van der Waals surface area contributed by atoms with E-state index in [1.165, 1.54) is 7.11 Å². The van der Waals surface area contributed by atoms with E-state index in [9.17, 15) is 34.2 Å². The first-order valence-corrected chi connectivity index (χ1v) is 14.2. The van der Waals surface area contributed by atoms with Gasteiger partial charge in [-0.3, -0.25) is 24.0 Å². The van der Waals surface area contributed by atoms with E-state index >= 15 is 0 Å². The number of methoxy groups -OCH3 is 1. The summed E-state index contributed by atoms with van der Waals surface area (Å²) in [5.41, 5.74) is -3.49. The minimum absolute atomic E-state index is 0.00229. The molecule has 4 aliphatic rings. The summed E-state index contributed by atoms with van der Waals surface area (Å²) in [6, 6.07) is 0. The van der Waals surface area contributed by atoms with Crippen molar-refractivity contribution in [1.82, 2.24) is 0 Å². The average Bonchev–Trinajstić information content (AvgIpc) is 3.07. The van der Waals surface area contributed by atoms with E-state index in [1.54, 1.807) is 20.8 Å². The van der Waals surface area contributed by atoms with Crippen LogP contribution in [0.5, 0.6) is 0 Å². The summed E-state index contributed by atoms with van der Waals surface area (Å²) in [6.45, 7) is 12.7. The number of rotatable bonds is 6. The molecule has 0 heterocycles. The predicted molar refractivity (Wildman–Crippen MR) is 142 cm³/mol. The number of carbonyl (C=O) groups is 5. The number of Topliss-reactive ketones (excluding diaryl/α,β-unsaturated/α-hetero) is 4. The van der Waals surface area contributed by atoms with Crippen molar-refractivity contribution in [2.24, 2.45) is 45.3 Å². The molecule has 4 aliphatic carbocycles. The predicted octanol–water partition coefficient (Wildman–Crippen LogP) is 3.40. The highest BCUT2D eigenvalue weighted by atomic mass is 16.5. The molecule has 0 unspecified atom stereocenters. The van der Waals surface area contributed by atoms with Gasteiger partial charge in [0.1, 0.15) is 17.7 Å². The van der Waals surface area contributed by atoms with Gasteiger partial charge in [-0.2, -0.15) is 0 Å². The van der Waals surface area contributed by atoms with Crippen LogP contribution in [0.25, 0.3) is 0 Å². The quantitative estimate of drug-likeness (QED) is 0.486. The molecule has 8 heteroatoms. The molecule has 0 aromatic rings. The lowest BCUT2D eigenvalue weighted by Crippen LogP contribution is -2.64. The highest BCUT2D eigenvalue weighted by Crippen LogP contribution is 2.70. The summed E-state index contributed by atoms with van der Waals surface area (Å²) >= 11 is 0. The molecule has 2 saturated carbocycles. The van der Waals surface area contributed by atoms with Crippen molar-refractivity contribution in [2.75, 3.05) is 7.11 Å². The number of hydrogen-bond acceptors (Lipinski definition) is 8. The van der Waals surface area contributed by atoms with Crippen LogP contribution >= 0.6 is 0 Å². The van der Waals surface area contributed by atoms with Crippen molar-refractivity contribution in [2.45, 2.75) is 99.2 Å².